The number of aliphatic imine (C=N–C) groups is 1. The fourth-order valence-electron chi connectivity index (χ4n) is 1.55. The molecule has 13 heavy (non-hydrogen) atoms. The maximum atomic E-state index is 5.46. The molecule has 1 fully saturated rings. The van der Waals surface area contributed by atoms with Gasteiger partial charge >= 0.3 is 0 Å². The lowest BCUT2D eigenvalue weighted by molar-refractivity contribution is 0.498. The molecule has 0 bridgehead atoms. The number of hydrogen-bond donors (Lipinski definition) is 2. The molecule has 0 spiro atoms. The van der Waals surface area contributed by atoms with Gasteiger partial charge in [0.25, 0.3) is 0 Å². The zero-order valence-electron chi connectivity index (χ0n) is 8.38. The van der Waals surface area contributed by atoms with Crippen molar-refractivity contribution >= 4 is 11.7 Å². The molecule has 0 aromatic heterocycles. The van der Waals surface area contributed by atoms with Crippen LogP contribution in [0.4, 0.5) is 0 Å². The fraction of sp³-hybridized carbons (Fsp3) is 0.778. The van der Waals surface area contributed by atoms with E-state index in [4.69, 9.17) is 5.73 Å². The van der Waals surface area contributed by atoms with Crippen LogP contribution in [-0.2, 0) is 0 Å². The summed E-state index contributed by atoms with van der Waals surface area (Å²) in [5, 5.41) is 4.22. The first-order chi connectivity index (χ1) is 6.22. The number of hydrogen-bond acceptors (Lipinski definition) is 2. The second kappa shape index (κ2) is 4.84. The molecule has 0 saturated heterocycles. The van der Waals surface area contributed by atoms with Crippen LogP contribution >= 0.6 is 0 Å². The van der Waals surface area contributed by atoms with Gasteiger partial charge in [0.2, 0.25) is 5.96 Å². The molecule has 74 valence electrons. The summed E-state index contributed by atoms with van der Waals surface area (Å²) in [6.45, 7) is 2.26. The molecule has 1 saturated carbocycles. The van der Waals surface area contributed by atoms with Crippen LogP contribution in [0.1, 0.15) is 32.6 Å². The van der Waals surface area contributed by atoms with E-state index in [0.29, 0.717) is 5.96 Å². The minimum absolute atomic E-state index is 0.380. The highest BCUT2D eigenvalue weighted by atomic mass is 15.4. The molecule has 1 aliphatic rings. The molecular weight excluding hydrogens is 164 g/mol. The summed E-state index contributed by atoms with van der Waals surface area (Å²) in [5.74, 6) is 1.14. The van der Waals surface area contributed by atoms with Crippen molar-refractivity contribution < 1.29 is 0 Å². The largest absolute Gasteiger partial charge is 0.369 e. The third kappa shape index (κ3) is 3.44. The fourth-order valence-corrected chi connectivity index (χ4v) is 1.55. The van der Waals surface area contributed by atoms with Crippen LogP contribution in [0.2, 0.25) is 0 Å². The van der Waals surface area contributed by atoms with Crippen molar-refractivity contribution in [1.29, 1.82) is 0 Å². The predicted molar refractivity (Wildman–Crippen MR) is 55.7 cm³/mol. The molecule has 4 heteroatoms. The van der Waals surface area contributed by atoms with Gasteiger partial charge in [0.1, 0.15) is 0 Å². The van der Waals surface area contributed by atoms with Gasteiger partial charge in [-0.2, -0.15) is 5.10 Å². The Labute approximate surface area is 79.3 Å². The van der Waals surface area contributed by atoms with Gasteiger partial charge in [0.15, 0.2) is 0 Å². The number of nitrogens with two attached hydrogens (primary N) is 1. The lowest BCUT2D eigenvalue weighted by atomic mass is 9.89. The number of hydrazone groups is 1. The zero-order chi connectivity index (χ0) is 9.68. The lowest BCUT2D eigenvalue weighted by Crippen LogP contribution is -2.29. The number of nitrogens with one attached hydrogen (secondary N) is 1. The Hall–Kier alpha value is -1.06. The molecular formula is C9H18N4. The molecule has 0 unspecified atom stereocenters. The Bertz CT molecular complexity index is 220. The van der Waals surface area contributed by atoms with Crippen LogP contribution in [-0.4, -0.2) is 18.7 Å². The first-order valence-electron chi connectivity index (χ1n) is 4.76. The predicted octanol–water partition coefficient (Wildman–Crippen LogP) is 1.09. The second-order valence-corrected chi connectivity index (χ2v) is 3.60. The molecule has 1 rings (SSSR count). The first-order valence-corrected chi connectivity index (χ1v) is 4.76. The summed E-state index contributed by atoms with van der Waals surface area (Å²) in [6.07, 6.45) is 4.74. The summed E-state index contributed by atoms with van der Waals surface area (Å²) < 4.78 is 0. The Balaban J connectivity index is 2.41. The number of guanidine groups is 1. The molecule has 1 atom stereocenters. The van der Waals surface area contributed by atoms with Crippen LogP contribution in [0, 0.1) is 5.92 Å². The van der Waals surface area contributed by atoms with Crippen molar-refractivity contribution in [3.63, 3.8) is 0 Å². The zero-order valence-corrected chi connectivity index (χ0v) is 8.38. The van der Waals surface area contributed by atoms with Gasteiger partial charge in [-0.3, -0.25) is 4.99 Å². The van der Waals surface area contributed by atoms with Crippen molar-refractivity contribution in [3.8, 4) is 0 Å². The third-order valence-corrected chi connectivity index (χ3v) is 2.32. The van der Waals surface area contributed by atoms with E-state index in [1.807, 2.05) is 0 Å². The van der Waals surface area contributed by atoms with Gasteiger partial charge in [-0.1, -0.05) is 6.92 Å². The quantitative estimate of drug-likeness (QED) is 0.362. The van der Waals surface area contributed by atoms with Crippen LogP contribution in [0.3, 0.4) is 0 Å². The van der Waals surface area contributed by atoms with Crippen LogP contribution in [0.15, 0.2) is 10.1 Å². The van der Waals surface area contributed by atoms with E-state index < -0.39 is 0 Å². The molecule has 0 aromatic rings. The molecule has 0 heterocycles. The first kappa shape index (κ1) is 10.0. The molecule has 1 aliphatic carbocycles. The van der Waals surface area contributed by atoms with Gasteiger partial charge < -0.3 is 5.73 Å². The van der Waals surface area contributed by atoms with Crippen molar-refractivity contribution in [2.75, 3.05) is 7.05 Å². The van der Waals surface area contributed by atoms with Crippen molar-refractivity contribution in [1.82, 2.24) is 5.43 Å². The summed E-state index contributed by atoms with van der Waals surface area (Å²) in [6, 6.07) is 0. The summed E-state index contributed by atoms with van der Waals surface area (Å²) in [5.41, 5.74) is 9.41. The second-order valence-electron chi connectivity index (χ2n) is 3.60. The average molecular weight is 182 g/mol. The van der Waals surface area contributed by atoms with Gasteiger partial charge in [-0.15, -0.1) is 0 Å². The minimum atomic E-state index is 0.380. The highest BCUT2D eigenvalue weighted by molar-refractivity contribution is 5.87. The van der Waals surface area contributed by atoms with Gasteiger partial charge in [0.05, 0.1) is 0 Å². The summed E-state index contributed by atoms with van der Waals surface area (Å²) in [7, 11) is 1.64. The SMILES string of the molecule is CN=C(N)N/N=C1\CCC[C@H](C)C1. The minimum Gasteiger partial charge on any atom is -0.369 e. The number of rotatable bonds is 1. The Morgan fingerprint density at radius 1 is 1.62 bits per heavy atom. The van der Waals surface area contributed by atoms with E-state index in [0.717, 1.165) is 18.8 Å². The molecule has 0 aromatic carbocycles. The van der Waals surface area contributed by atoms with E-state index in [-0.39, 0.29) is 0 Å². The monoisotopic (exact) mass is 182 g/mol. The molecule has 4 nitrogen and oxygen atoms in total. The van der Waals surface area contributed by atoms with Crippen molar-refractivity contribution in [2.45, 2.75) is 32.6 Å². The number of nitrogens with zero attached hydrogens (tertiary/aromatic N) is 2. The summed E-state index contributed by atoms with van der Waals surface area (Å²) >= 11 is 0. The maximum absolute atomic E-state index is 5.46. The standard InChI is InChI=1S/C9H18N4/c1-7-4-3-5-8(6-7)12-13-9(10)11-2/h7H,3-6H2,1-2H3,(H3,10,11,13)/b12-8+/t7-/m0/s1. The normalized spacial score (nSPS) is 27.7. The third-order valence-electron chi connectivity index (χ3n) is 2.32. The van der Waals surface area contributed by atoms with Crippen LogP contribution < -0.4 is 11.2 Å². The van der Waals surface area contributed by atoms with Crippen LogP contribution in [0.25, 0.3) is 0 Å². The van der Waals surface area contributed by atoms with Crippen molar-refractivity contribution in [2.24, 2.45) is 21.7 Å². The lowest BCUT2D eigenvalue weighted by Gasteiger charge is -2.18. The maximum Gasteiger partial charge on any atom is 0.209 e. The van der Waals surface area contributed by atoms with Crippen molar-refractivity contribution in [3.05, 3.63) is 0 Å². The van der Waals surface area contributed by atoms with E-state index in [9.17, 15) is 0 Å². The Kier molecular flexibility index (Phi) is 3.73. The summed E-state index contributed by atoms with van der Waals surface area (Å²) in [4.78, 5) is 3.77. The van der Waals surface area contributed by atoms with E-state index >= 15 is 0 Å². The smallest absolute Gasteiger partial charge is 0.209 e. The highest BCUT2D eigenvalue weighted by Gasteiger charge is 2.13. The van der Waals surface area contributed by atoms with Gasteiger partial charge in [-0.25, -0.2) is 5.43 Å². The van der Waals surface area contributed by atoms with Gasteiger partial charge in [0, 0.05) is 12.8 Å². The Morgan fingerprint density at radius 3 is 3.00 bits per heavy atom. The van der Waals surface area contributed by atoms with E-state index in [1.165, 1.54) is 18.6 Å². The highest BCUT2D eigenvalue weighted by Crippen LogP contribution is 2.20. The van der Waals surface area contributed by atoms with E-state index in [1.54, 1.807) is 7.05 Å². The van der Waals surface area contributed by atoms with E-state index in [2.05, 4.69) is 22.4 Å². The molecule has 0 aliphatic heterocycles. The molecule has 3 N–H and O–H groups in total. The Morgan fingerprint density at radius 2 is 2.38 bits per heavy atom. The average Bonchev–Trinajstić information content (AvgIpc) is 2.14. The van der Waals surface area contributed by atoms with Gasteiger partial charge in [-0.05, 0) is 31.6 Å². The molecule has 0 amide bonds. The topological polar surface area (TPSA) is 62.8 Å². The molecule has 0 radical (unpaired) electrons. The van der Waals surface area contributed by atoms with Crippen LogP contribution in [0.5, 0.6) is 0 Å².